The summed E-state index contributed by atoms with van der Waals surface area (Å²) in [7, 11) is -1.13. The van der Waals surface area contributed by atoms with Crippen LogP contribution in [0.5, 0.6) is 0 Å². The van der Waals surface area contributed by atoms with Crippen molar-refractivity contribution in [2.75, 3.05) is 6.61 Å². The lowest BCUT2D eigenvalue weighted by Crippen LogP contribution is -2.22. The maximum Gasteiger partial charge on any atom is 0.139 e. The normalized spacial score (nSPS) is 12.0. The predicted octanol–water partition coefficient (Wildman–Crippen LogP) is 5.44. The minimum Gasteiger partial charge on any atom is -0.360 e. The topological polar surface area (TPSA) is 57.2 Å². The van der Waals surface area contributed by atoms with E-state index in [-0.39, 0.29) is 0 Å². The lowest BCUT2D eigenvalue weighted by Gasteiger charge is -2.16. The molecule has 0 radical (unpaired) electrons. The second-order valence-corrected chi connectivity index (χ2v) is 14.8. The number of imidazole rings is 1. The average molecular weight is 434 g/mol. The number of aromatic nitrogens is 5. The number of rotatable bonds is 8. The van der Waals surface area contributed by atoms with E-state index in [1.807, 2.05) is 52.7 Å². The second-order valence-electron chi connectivity index (χ2n) is 9.15. The van der Waals surface area contributed by atoms with Gasteiger partial charge in [-0.3, -0.25) is 4.98 Å². The summed E-state index contributed by atoms with van der Waals surface area (Å²) in [6, 6.07) is 11.4. The predicted molar refractivity (Wildman–Crippen MR) is 128 cm³/mol. The Morgan fingerprint density at radius 3 is 2.68 bits per heavy atom. The summed E-state index contributed by atoms with van der Waals surface area (Å²) in [6.07, 6.45) is 6.76. The van der Waals surface area contributed by atoms with Gasteiger partial charge < -0.3 is 9.14 Å². The number of hydrogen-bond donors (Lipinski definition) is 0. The summed E-state index contributed by atoms with van der Waals surface area (Å²) in [4.78, 5) is 9.15. The summed E-state index contributed by atoms with van der Waals surface area (Å²) in [5.74, 6) is 0. The van der Waals surface area contributed by atoms with Crippen LogP contribution in [0.2, 0.25) is 25.7 Å². The molecule has 7 heteroatoms. The van der Waals surface area contributed by atoms with Gasteiger partial charge in [-0.15, -0.1) is 0 Å². The molecule has 4 heterocycles. The molecule has 0 aliphatic rings. The summed E-state index contributed by atoms with van der Waals surface area (Å²) in [5, 5.41) is 4.99. The van der Waals surface area contributed by atoms with Crippen LogP contribution in [-0.2, 0) is 17.9 Å². The van der Waals surface area contributed by atoms with Crippen LogP contribution >= 0.6 is 0 Å². The van der Waals surface area contributed by atoms with Gasteiger partial charge in [0.1, 0.15) is 18.1 Å². The van der Waals surface area contributed by atoms with Crippen LogP contribution in [0.25, 0.3) is 28.2 Å². The van der Waals surface area contributed by atoms with Crippen molar-refractivity contribution in [3.05, 3.63) is 60.3 Å². The lowest BCUT2D eigenvalue weighted by molar-refractivity contribution is 0.0768. The molecule has 0 spiro atoms. The highest BCUT2D eigenvalue weighted by Crippen LogP contribution is 2.34. The van der Waals surface area contributed by atoms with Gasteiger partial charge >= 0.3 is 0 Å². The molecule has 0 unspecified atom stereocenters. The van der Waals surface area contributed by atoms with Gasteiger partial charge in [0.2, 0.25) is 0 Å². The van der Waals surface area contributed by atoms with E-state index in [2.05, 4.69) is 43.8 Å². The smallest absolute Gasteiger partial charge is 0.139 e. The zero-order chi connectivity index (χ0) is 22.0. The maximum absolute atomic E-state index is 6.06. The fourth-order valence-corrected chi connectivity index (χ4v) is 4.47. The van der Waals surface area contributed by atoms with E-state index in [1.165, 1.54) is 0 Å². The number of ether oxygens (including phenoxy) is 1. The van der Waals surface area contributed by atoms with Gasteiger partial charge in [-0.25, -0.2) is 9.67 Å². The number of fused-ring (bicyclic) bond motifs is 1. The average Bonchev–Trinajstić information content (AvgIpc) is 3.34. The molecule has 0 fully saturated rings. The standard InChI is InChI=1S/C24H31N5OSi/c1-6-21-23(19-10-11-22-25-12-13-28(22)16-19)24(20-9-7-8-18(2)26-20)27-29(21)17-30-14-15-31(3,4)5/h7-13,16H,6,14-15,17H2,1-5H3. The van der Waals surface area contributed by atoms with Crippen molar-refractivity contribution in [2.24, 2.45) is 0 Å². The highest BCUT2D eigenvalue weighted by Gasteiger charge is 2.21. The molecule has 0 saturated heterocycles. The Morgan fingerprint density at radius 2 is 1.94 bits per heavy atom. The molecule has 4 rings (SSSR count). The van der Waals surface area contributed by atoms with Gasteiger partial charge in [0.15, 0.2) is 0 Å². The van der Waals surface area contributed by atoms with Gasteiger partial charge in [-0.2, -0.15) is 5.10 Å². The molecule has 4 aromatic rings. The fourth-order valence-electron chi connectivity index (χ4n) is 3.72. The first-order chi connectivity index (χ1) is 14.9. The van der Waals surface area contributed by atoms with E-state index in [4.69, 9.17) is 14.8 Å². The van der Waals surface area contributed by atoms with E-state index in [9.17, 15) is 0 Å². The summed E-state index contributed by atoms with van der Waals surface area (Å²) < 4.78 is 10.1. The van der Waals surface area contributed by atoms with Crippen molar-refractivity contribution in [2.45, 2.75) is 52.7 Å². The minimum absolute atomic E-state index is 0.458. The van der Waals surface area contributed by atoms with Crippen molar-refractivity contribution >= 4 is 13.7 Å². The Balaban J connectivity index is 1.77. The van der Waals surface area contributed by atoms with Gasteiger partial charge in [0.25, 0.3) is 0 Å². The Labute approximate surface area is 184 Å². The minimum atomic E-state index is -1.13. The van der Waals surface area contributed by atoms with E-state index >= 15 is 0 Å². The highest BCUT2D eigenvalue weighted by molar-refractivity contribution is 6.76. The SMILES string of the molecule is CCc1c(-c2ccc3nccn3c2)c(-c2cccc(C)n2)nn1COCC[Si](C)(C)C. The van der Waals surface area contributed by atoms with Crippen molar-refractivity contribution in [1.82, 2.24) is 24.1 Å². The summed E-state index contributed by atoms with van der Waals surface area (Å²) in [5.41, 5.74) is 7.07. The van der Waals surface area contributed by atoms with Crippen molar-refractivity contribution in [1.29, 1.82) is 0 Å². The van der Waals surface area contributed by atoms with Crippen LogP contribution in [-0.4, -0.2) is 38.8 Å². The molecular weight excluding hydrogens is 402 g/mol. The van der Waals surface area contributed by atoms with Gasteiger partial charge in [-0.1, -0.05) is 32.6 Å². The molecule has 0 N–H and O–H groups in total. The Kier molecular flexibility index (Phi) is 6.07. The number of pyridine rings is 2. The van der Waals surface area contributed by atoms with Crippen molar-refractivity contribution in [3.8, 4) is 22.5 Å². The molecule has 0 atom stereocenters. The molecule has 31 heavy (non-hydrogen) atoms. The first-order valence-corrected chi connectivity index (χ1v) is 14.6. The van der Waals surface area contributed by atoms with Gasteiger partial charge in [0.05, 0.1) is 5.69 Å². The molecule has 0 aromatic carbocycles. The zero-order valence-electron chi connectivity index (χ0n) is 19.1. The van der Waals surface area contributed by atoms with E-state index in [0.717, 1.165) is 58.6 Å². The molecule has 0 aliphatic carbocycles. The molecule has 0 amide bonds. The maximum atomic E-state index is 6.06. The van der Waals surface area contributed by atoms with Crippen LogP contribution in [0.15, 0.2) is 48.9 Å². The largest absolute Gasteiger partial charge is 0.360 e. The van der Waals surface area contributed by atoms with Crippen LogP contribution < -0.4 is 0 Å². The second kappa shape index (κ2) is 8.76. The van der Waals surface area contributed by atoms with E-state index < -0.39 is 8.07 Å². The fraction of sp³-hybridized carbons (Fsp3) is 0.375. The quantitative estimate of drug-likeness (QED) is 0.274. The highest BCUT2D eigenvalue weighted by atomic mass is 28.3. The van der Waals surface area contributed by atoms with Crippen molar-refractivity contribution in [3.63, 3.8) is 0 Å². The molecule has 6 nitrogen and oxygen atoms in total. The van der Waals surface area contributed by atoms with E-state index in [0.29, 0.717) is 6.73 Å². The van der Waals surface area contributed by atoms with Crippen LogP contribution in [0.3, 0.4) is 0 Å². The van der Waals surface area contributed by atoms with Gasteiger partial charge in [0, 0.05) is 55.8 Å². The van der Waals surface area contributed by atoms with E-state index in [1.54, 1.807) is 0 Å². The van der Waals surface area contributed by atoms with Crippen LogP contribution in [0.4, 0.5) is 0 Å². The Morgan fingerprint density at radius 1 is 1.10 bits per heavy atom. The van der Waals surface area contributed by atoms with Crippen LogP contribution in [0.1, 0.15) is 18.3 Å². The number of nitrogens with zero attached hydrogens (tertiary/aromatic N) is 5. The monoisotopic (exact) mass is 433 g/mol. The third kappa shape index (κ3) is 4.78. The molecule has 0 bridgehead atoms. The molecule has 0 aliphatic heterocycles. The van der Waals surface area contributed by atoms with Crippen LogP contribution in [0, 0.1) is 6.92 Å². The molecule has 162 valence electrons. The third-order valence-corrected chi connectivity index (χ3v) is 7.12. The summed E-state index contributed by atoms with van der Waals surface area (Å²) in [6.45, 7) is 12.5. The Bertz CT molecular complexity index is 1190. The van der Waals surface area contributed by atoms with Gasteiger partial charge in [-0.05, 0) is 43.7 Å². The first kappa shape index (κ1) is 21.5. The molecule has 4 aromatic heterocycles. The van der Waals surface area contributed by atoms with Crippen molar-refractivity contribution < 1.29 is 4.74 Å². The molecule has 0 saturated carbocycles. The summed E-state index contributed by atoms with van der Waals surface area (Å²) >= 11 is 0. The number of aryl methyl sites for hydroxylation is 1. The zero-order valence-corrected chi connectivity index (χ0v) is 20.1. The lowest BCUT2D eigenvalue weighted by atomic mass is 10.0. The number of hydrogen-bond acceptors (Lipinski definition) is 4. The Hall–Kier alpha value is -2.77. The molecular formula is C24H31N5OSi. The third-order valence-electron chi connectivity index (χ3n) is 5.41. The first-order valence-electron chi connectivity index (χ1n) is 10.9.